The highest BCUT2D eigenvalue weighted by Crippen LogP contribution is 2.38. The van der Waals surface area contributed by atoms with Gasteiger partial charge >= 0.3 is 0 Å². The zero-order valence-corrected chi connectivity index (χ0v) is 7.82. The van der Waals surface area contributed by atoms with Gasteiger partial charge in [-0.05, 0) is 17.9 Å². The first-order valence-corrected chi connectivity index (χ1v) is 5.00. The van der Waals surface area contributed by atoms with Crippen LogP contribution in [0.4, 0.5) is 0 Å². The Balaban J connectivity index is 2.06. The molecule has 0 N–H and O–H groups in total. The Labute approximate surface area is 80.3 Å². The van der Waals surface area contributed by atoms with Gasteiger partial charge in [0, 0.05) is 5.92 Å². The van der Waals surface area contributed by atoms with Crippen LogP contribution in [-0.2, 0) is 0 Å². The van der Waals surface area contributed by atoms with Crippen LogP contribution in [-0.4, -0.2) is 0 Å². The monoisotopic (exact) mass is 171 g/mol. The minimum atomic E-state index is 0.466. The highest BCUT2D eigenvalue weighted by molar-refractivity contribution is 5.23. The van der Waals surface area contributed by atoms with E-state index in [0.29, 0.717) is 5.92 Å². The fourth-order valence-electron chi connectivity index (χ4n) is 1.74. The van der Waals surface area contributed by atoms with Crippen molar-refractivity contribution < 1.29 is 0 Å². The van der Waals surface area contributed by atoms with Crippen LogP contribution >= 0.6 is 0 Å². The van der Waals surface area contributed by atoms with Crippen LogP contribution in [0.2, 0.25) is 0 Å². The molecule has 0 spiro atoms. The van der Waals surface area contributed by atoms with Gasteiger partial charge in [-0.3, -0.25) is 0 Å². The average Bonchev–Trinajstić information content (AvgIpc) is 2.99. The molecule has 0 bridgehead atoms. The van der Waals surface area contributed by atoms with E-state index in [1.54, 1.807) is 0 Å². The Morgan fingerprint density at radius 3 is 2.54 bits per heavy atom. The SMILES string of the molecule is [CH]=CC(CC1CC1)c1ccccc1. The Bertz CT molecular complexity index is 269. The van der Waals surface area contributed by atoms with Crippen molar-refractivity contribution in [1.29, 1.82) is 0 Å². The largest absolute Gasteiger partial charge is 0.0770 e. The number of hydrogen-bond donors (Lipinski definition) is 0. The molecule has 0 nitrogen and oxygen atoms in total. The van der Waals surface area contributed by atoms with Crippen LogP contribution in [0.15, 0.2) is 36.4 Å². The molecule has 0 amide bonds. The molecule has 1 radical (unpaired) electrons. The zero-order chi connectivity index (χ0) is 9.10. The van der Waals surface area contributed by atoms with E-state index >= 15 is 0 Å². The van der Waals surface area contributed by atoms with Gasteiger partial charge in [0.15, 0.2) is 0 Å². The molecule has 2 rings (SSSR count). The van der Waals surface area contributed by atoms with E-state index in [4.69, 9.17) is 6.58 Å². The fourth-order valence-corrected chi connectivity index (χ4v) is 1.74. The van der Waals surface area contributed by atoms with Crippen LogP contribution in [0.1, 0.15) is 30.7 Å². The molecule has 1 aromatic rings. The van der Waals surface area contributed by atoms with E-state index in [1.807, 2.05) is 12.1 Å². The molecular formula is C13H15. The summed E-state index contributed by atoms with van der Waals surface area (Å²) in [5.41, 5.74) is 1.36. The normalized spacial score (nSPS) is 18.2. The molecule has 0 saturated heterocycles. The number of hydrogen-bond acceptors (Lipinski definition) is 0. The van der Waals surface area contributed by atoms with Crippen LogP contribution in [0.5, 0.6) is 0 Å². The van der Waals surface area contributed by atoms with Gasteiger partial charge in [-0.25, -0.2) is 0 Å². The third-order valence-electron chi connectivity index (χ3n) is 2.74. The third kappa shape index (κ3) is 2.21. The summed E-state index contributed by atoms with van der Waals surface area (Å²) in [6.07, 6.45) is 5.88. The highest BCUT2D eigenvalue weighted by atomic mass is 14.3. The lowest BCUT2D eigenvalue weighted by Gasteiger charge is -2.11. The maximum Gasteiger partial charge on any atom is 0.00237 e. The van der Waals surface area contributed by atoms with Gasteiger partial charge in [-0.2, -0.15) is 0 Å². The molecular weight excluding hydrogens is 156 g/mol. The Morgan fingerprint density at radius 1 is 1.31 bits per heavy atom. The van der Waals surface area contributed by atoms with E-state index in [9.17, 15) is 0 Å². The predicted molar refractivity (Wildman–Crippen MR) is 55.4 cm³/mol. The molecule has 0 aliphatic heterocycles. The standard InChI is InChI=1S/C13H15/c1-2-12(10-11-8-9-11)13-6-4-3-5-7-13/h1-7,11-12H,8-10H2. The molecule has 0 heteroatoms. The number of rotatable bonds is 4. The molecule has 0 heterocycles. The van der Waals surface area contributed by atoms with Crippen molar-refractivity contribution in [2.45, 2.75) is 25.2 Å². The average molecular weight is 171 g/mol. The summed E-state index contributed by atoms with van der Waals surface area (Å²) in [7, 11) is 0. The summed E-state index contributed by atoms with van der Waals surface area (Å²) in [5, 5.41) is 0. The van der Waals surface area contributed by atoms with Gasteiger partial charge in [0.1, 0.15) is 0 Å². The van der Waals surface area contributed by atoms with Crippen molar-refractivity contribution in [2.75, 3.05) is 0 Å². The summed E-state index contributed by atoms with van der Waals surface area (Å²) in [6.45, 7) is 5.66. The summed E-state index contributed by atoms with van der Waals surface area (Å²) in [4.78, 5) is 0. The van der Waals surface area contributed by atoms with Crippen molar-refractivity contribution in [3.63, 3.8) is 0 Å². The molecule has 13 heavy (non-hydrogen) atoms. The molecule has 1 fully saturated rings. The quantitative estimate of drug-likeness (QED) is 0.649. The second-order valence-corrected chi connectivity index (χ2v) is 3.89. The highest BCUT2D eigenvalue weighted by Gasteiger charge is 2.24. The van der Waals surface area contributed by atoms with Gasteiger partial charge in [0.25, 0.3) is 0 Å². The minimum Gasteiger partial charge on any atom is -0.0770 e. The molecule has 1 saturated carbocycles. The van der Waals surface area contributed by atoms with Crippen molar-refractivity contribution in [1.82, 2.24) is 0 Å². The Hall–Kier alpha value is -1.04. The first-order chi connectivity index (χ1) is 6.40. The van der Waals surface area contributed by atoms with Gasteiger partial charge < -0.3 is 0 Å². The molecule has 67 valence electrons. The van der Waals surface area contributed by atoms with Crippen molar-refractivity contribution in [3.05, 3.63) is 48.6 Å². The molecule has 1 atom stereocenters. The van der Waals surface area contributed by atoms with Crippen LogP contribution in [0, 0.1) is 12.5 Å². The maximum absolute atomic E-state index is 5.66. The molecule has 1 aliphatic carbocycles. The first-order valence-electron chi connectivity index (χ1n) is 5.00. The van der Waals surface area contributed by atoms with Gasteiger partial charge in [-0.1, -0.05) is 55.8 Å². The lowest BCUT2D eigenvalue weighted by Crippen LogP contribution is -1.95. The maximum atomic E-state index is 5.66. The molecule has 1 aliphatic rings. The summed E-state index contributed by atoms with van der Waals surface area (Å²) in [5.74, 6) is 1.40. The van der Waals surface area contributed by atoms with E-state index in [2.05, 4.69) is 24.3 Å². The summed E-state index contributed by atoms with van der Waals surface area (Å²) >= 11 is 0. The van der Waals surface area contributed by atoms with Gasteiger partial charge in [-0.15, -0.1) is 0 Å². The molecule has 0 aromatic heterocycles. The smallest absolute Gasteiger partial charge is 0.00237 e. The van der Waals surface area contributed by atoms with Crippen LogP contribution < -0.4 is 0 Å². The predicted octanol–water partition coefficient (Wildman–Crippen LogP) is 3.56. The van der Waals surface area contributed by atoms with Crippen LogP contribution in [0.25, 0.3) is 0 Å². The molecule has 1 aromatic carbocycles. The van der Waals surface area contributed by atoms with Crippen molar-refractivity contribution in [3.8, 4) is 0 Å². The first kappa shape index (κ1) is 8.55. The summed E-state index contributed by atoms with van der Waals surface area (Å²) in [6, 6.07) is 10.5. The van der Waals surface area contributed by atoms with Crippen LogP contribution in [0.3, 0.4) is 0 Å². The van der Waals surface area contributed by atoms with Gasteiger partial charge in [0.2, 0.25) is 0 Å². The van der Waals surface area contributed by atoms with E-state index in [-0.39, 0.29) is 0 Å². The fraction of sp³-hybridized carbons (Fsp3) is 0.385. The Kier molecular flexibility index (Phi) is 2.49. The van der Waals surface area contributed by atoms with Gasteiger partial charge in [0.05, 0.1) is 0 Å². The lowest BCUT2D eigenvalue weighted by molar-refractivity contribution is 0.663. The lowest BCUT2D eigenvalue weighted by atomic mass is 9.94. The van der Waals surface area contributed by atoms with E-state index in [1.165, 1.54) is 24.8 Å². The molecule has 1 unspecified atom stereocenters. The van der Waals surface area contributed by atoms with E-state index < -0.39 is 0 Å². The van der Waals surface area contributed by atoms with Crippen molar-refractivity contribution >= 4 is 0 Å². The number of benzene rings is 1. The van der Waals surface area contributed by atoms with E-state index in [0.717, 1.165) is 5.92 Å². The second-order valence-electron chi connectivity index (χ2n) is 3.89. The third-order valence-corrected chi connectivity index (χ3v) is 2.74. The minimum absolute atomic E-state index is 0.466. The number of allylic oxidation sites excluding steroid dienone is 1. The topological polar surface area (TPSA) is 0 Å². The zero-order valence-electron chi connectivity index (χ0n) is 7.82. The second kappa shape index (κ2) is 3.78. The Morgan fingerprint density at radius 2 is 2.00 bits per heavy atom. The summed E-state index contributed by atoms with van der Waals surface area (Å²) < 4.78 is 0. The van der Waals surface area contributed by atoms with Crippen molar-refractivity contribution in [2.24, 2.45) is 5.92 Å².